The second kappa shape index (κ2) is 12.2. The Labute approximate surface area is 204 Å². The molecule has 188 valence electrons. The topological polar surface area (TPSA) is 131 Å². The first-order chi connectivity index (χ1) is 16.8. The molecule has 1 fully saturated rings. The Hall–Kier alpha value is -3.66. The van der Waals surface area contributed by atoms with Crippen molar-refractivity contribution in [3.63, 3.8) is 0 Å². The molecule has 0 spiro atoms. The van der Waals surface area contributed by atoms with Gasteiger partial charge in [-0.15, -0.1) is 0 Å². The minimum absolute atomic E-state index is 0.0424. The lowest BCUT2D eigenvalue weighted by Gasteiger charge is -2.23. The van der Waals surface area contributed by atoms with Gasteiger partial charge in [-0.3, -0.25) is 10.1 Å². The van der Waals surface area contributed by atoms with Crippen LogP contribution in [0.15, 0.2) is 42.5 Å². The zero-order chi connectivity index (χ0) is 25.4. The lowest BCUT2D eigenvalue weighted by atomic mass is 10.1. The van der Waals surface area contributed by atoms with Crippen molar-refractivity contribution in [2.24, 2.45) is 5.92 Å². The molecule has 0 saturated heterocycles. The summed E-state index contributed by atoms with van der Waals surface area (Å²) in [6.07, 6.45) is 1.51. The highest BCUT2D eigenvalue weighted by molar-refractivity contribution is 5.89. The third-order valence-corrected chi connectivity index (χ3v) is 5.74. The number of carbonyl (C=O) groups excluding carboxylic acids is 1. The van der Waals surface area contributed by atoms with E-state index in [4.69, 9.17) is 9.47 Å². The Balaban J connectivity index is 1.55. The van der Waals surface area contributed by atoms with E-state index in [0.29, 0.717) is 42.6 Å². The molecule has 3 rings (SSSR count). The van der Waals surface area contributed by atoms with Crippen LogP contribution >= 0.6 is 0 Å². The number of hydrogen-bond donors (Lipinski definition) is 2. The molecule has 1 aliphatic carbocycles. The molecule has 0 heterocycles. The molecule has 35 heavy (non-hydrogen) atoms. The molecule has 1 saturated carbocycles. The summed E-state index contributed by atoms with van der Waals surface area (Å²) in [7, 11) is 0. The highest BCUT2D eigenvalue weighted by Gasteiger charge is 2.27. The van der Waals surface area contributed by atoms with Crippen LogP contribution in [-0.4, -0.2) is 59.3 Å². The molecule has 2 N–H and O–H groups in total. The SMILES string of the molecule is CCOC(Cc1ccc(OCCN(CC2CC2)C(=O)Nc2ccc(C)c([N+](=O)[O-])c2)cc1)C(=O)O. The first-order valence-electron chi connectivity index (χ1n) is 11.6. The molecule has 2 aromatic carbocycles. The van der Waals surface area contributed by atoms with Crippen molar-refractivity contribution < 1.29 is 29.1 Å². The number of aliphatic carboxylic acids is 1. The average molecular weight is 486 g/mol. The number of carboxylic acids is 1. The Kier molecular flexibility index (Phi) is 9.02. The van der Waals surface area contributed by atoms with Crippen LogP contribution in [0.4, 0.5) is 16.2 Å². The molecule has 10 nitrogen and oxygen atoms in total. The number of aryl methyl sites for hydroxylation is 1. The Bertz CT molecular complexity index is 1040. The number of urea groups is 1. The van der Waals surface area contributed by atoms with Crippen molar-refractivity contribution >= 4 is 23.4 Å². The third kappa shape index (κ3) is 7.96. The van der Waals surface area contributed by atoms with Crippen LogP contribution in [-0.2, 0) is 16.0 Å². The molecule has 0 bridgehead atoms. The van der Waals surface area contributed by atoms with Gasteiger partial charge in [0, 0.05) is 36.9 Å². The van der Waals surface area contributed by atoms with Gasteiger partial charge in [-0.25, -0.2) is 9.59 Å². The van der Waals surface area contributed by atoms with Gasteiger partial charge in [-0.2, -0.15) is 0 Å². The minimum Gasteiger partial charge on any atom is -0.492 e. The van der Waals surface area contributed by atoms with E-state index in [2.05, 4.69) is 5.32 Å². The molecule has 0 aromatic heterocycles. The summed E-state index contributed by atoms with van der Waals surface area (Å²) in [6, 6.07) is 11.4. The van der Waals surface area contributed by atoms with E-state index in [9.17, 15) is 24.8 Å². The van der Waals surface area contributed by atoms with E-state index in [1.807, 2.05) is 0 Å². The van der Waals surface area contributed by atoms with Gasteiger partial charge in [0.25, 0.3) is 5.69 Å². The molecule has 10 heteroatoms. The molecule has 0 radical (unpaired) electrons. The third-order valence-electron chi connectivity index (χ3n) is 5.74. The first-order valence-corrected chi connectivity index (χ1v) is 11.6. The van der Waals surface area contributed by atoms with Crippen molar-refractivity contribution in [1.29, 1.82) is 0 Å². The molecule has 1 atom stereocenters. The number of nitrogens with zero attached hydrogens (tertiary/aromatic N) is 2. The number of nitrogens with one attached hydrogen (secondary N) is 1. The number of anilines is 1. The molecule has 2 amide bonds. The smallest absolute Gasteiger partial charge is 0.333 e. The molecule has 0 aliphatic heterocycles. The summed E-state index contributed by atoms with van der Waals surface area (Å²) in [5, 5.41) is 23.2. The van der Waals surface area contributed by atoms with Crippen molar-refractivity contribution in [1.82, 2.24) is 4.90 Å². The number of hydrogen-bond acceptors (Lipinski definition) is 6. The van der Waals surface area contributed by atoms with Crippen molar-refractivity contribution in [2.75, 3.05) is 31.6 Å². The lowest BCUT2D eigenvalue weighted by molar-refractivity contribution is -0.385. The number of rotatable bonds is 13. The van der Waals surface area contributed by atoms with Crippen LogP contribution in [0, 0.1) is 23.0 Å². The number of benzene rings is 2. The van der Waals surface area contributed by atoms with Gasteiger partial charge < -0.3 is 24.8 Å². The molecule has 1 unspecified atom stereocenters. The fourth-order valence-electron chi connectivity index (χ4n) is 3.60. The average Bonchev–Trinajstić information content (AvgIpc) is 3.64. The van der Waals surface area contributed by atoms with E-state index in [0.717, 1.165) is 18.4 Å². The standard InChI is InChI=1S/C25H31N3O7/c1-3-34-23(24(29)30)14-18-7-10-21(11-8-18)35-13-12-27(16-19-5-6-19)25(31)26-20-9-4-17(2)22(15-20)28(32)33/h4,7-11,15,19,23H,3,5-6,12-14,16H2,1-2H3,(H,26,31)(H,29,30). The van der Waals surface area contributed by atoms with Crippen molar-refractivity contribution in [2.45, 2.75) is 39.2 Å². The van der Waals surface area contributed by atoms with Gasteiger partial charge in [0.2, 0.25) is 0 Å². The second-order valence-electron chi connectivity index (χ2n) is 8.56. The minimum atomic E-state index is -0.999. The number of ether oxygens (including phenoxy) is 2. The highest BCUT2D eigenvalue weighted by Crippen LogP contribution is 2.30. The predicted octanol–water partition coefficient (Wildman–Crippen LogP) is 4.26. The fraction of sp³-hybridized carbons (Fsp3) is 0.440. The van der Waals surface area contributed by atoms with E-state index >= 15 is 0 Å². The Morgan fingerprint density at radius 2 is 1.94 bits per heavy atom. The maximum atomic E-state index is 12.9. The fourth-order valence-corrected chi connectivity index (χ4v) is 3.60. The van der Waals surface area contributed by atoms with Crippen LogP contribution < -0.4 is 10.1 Å². The van der Waals surface area contributed by atoms with E-state index in [-0.39, 0.29) is 24.7 Å². The number of carboxylic acid groups (broad SMARTS) is 1. The van der Waals surface area contributed by atoms with Crippen LogP contribution in [0.1, 0.15) is 30.9 Å². The van der Waals surface area contributed by atoms with Gasteiger partial charge in [0.05, 0.1) is 11.5 Å². The monoisotopic (exact) mass is 485 g/mol. The summed E-state index contributed by atoms with van der Waals surface area (Å²) >= 11 is 0. The number of nitro groups is 1. The maximum Gasteiger partial charge on any atom is 0.333 e. The molecular formula is C25H31N3O7. The first kappa shape index (κ1) is 26.0. The summed E-state index contributed by atoms with van der Waals surface area (Å²) < 4.78 is 11.0. The van der Waals surface area contributed by atoms with Crippen LogP contribution in [0.25, 0.3) is 0 Å². The Morgan fingerprint density at radius 1 is 1.23 bits per heavy atom. The van der Waals surface area contributed by atoms with Gasteiger partial charge in [-0.1, -0.05) is 18.2 Å². The molecular weight excluding hydrogens is 454 g/mol. The molecule has 2 aromatic rings. The van der Waals surface area contributed by atoms with E-state index < -0.39 is 17.0 Å². The summed E-state index contributed by atoms with van der Waals surface area (Å²) in [4.78, 5) is 36.5. The summed E-state index contributed by atoms with van der Waals surface area (Å²) in [6.45, 7) is 4.94. The number of carbonyl (C=O) groups is 2. The van der Waals surface area contributed by atoms with Gasteiger partial charge in [-0.05, 0) is 56.4 Å². The lowest BCUT2D eigenvalue weighted by Crippen LogP contribution is -2.39. The van der Waals surface area contributed by atoms with Crippen LogP contribution in [0.3, 0.4) is 0 Å². The zero-order valence-electron chi connectivity index (χ0n) is 19.9. The molecule has 1 aliphatic rings. The number of nitro benzene ring substituents is 1. The Morgan fingerprint density at radius 3 is 2.54 bits per heavy atom. The van der Waals surface area contributed by atoms with Gasteiger partial charge in [0.15, 0.2) is 6.10 Å². The predicted molar refractivity (Wildman–Crippen MR) is 130 cm³/mol. The van der Waals surface area contributed by atoms with Gasteiger partial charge in [0.1, 0.15) is 12.4 Å². The number of amides is 2. The van der Waals surface area contributed by atoms with Crippen molar-refractivity contribution in [3.8, 4) is 5.75 Å². The van der Waals surface area contributed by atoms with E-state index in [1.165, 1.54) is 6.07 Å². The summed E-state index contributed by atoms with van der Waals surface area (Å²) in [5.41, 5.74) is 1.68. The van der Waals surface area contributed by atoms with Crippen molar-refractivity contribution in [3.05, 3.63) is 63.7 Å². The second-order valence-corrected chi connectivity index (χ2v) is 8.56. The zero-order valence-corrected chi connectivity index (χ0v) is 19.9. The maximum absolute atomic E-state index is 12.9. The van der Waals surface area contributed by atoms with E-state index in [1.54, 1.807) is 55.1 Å². The van der Waals surface area contributed by atoms with Gasteiger partial charge >= 0.3 is 12.0 Å². The highest BCUT2D eigenvalue weighted by atomic mass is 16.6. The largest absolute Gasteiger partial charge is 0.492 e. The quantitative estimate of drug-likeness (QED) is 0.320. The van der Waals surface area contributed by atoms with Crippen LogP contribution in [0.2, 0.25) is 0 Å². The summed E-state index contributed by atoms with van der Waals surface area (Å²) in [5.74, 6) is 0.0688. The normalized spacial score (nSPS) is 13.7. The van der Waals surface area contributed by atoms with Crippen LogP contribution in [0.5, 0.6) is 5.75 Å².